The highest BCUT2D eigenvalue weighted by atomic mass is 19.1. The summed E-state index contributed by atoms with van der Waals surface area (Å²) in [6.07, 6.45) is 13.2. The minimum Gasteiger partial charge on any atom is -0.508 e. The molecule has 0 aliphatic carbocycles. The molecule has 3 N–H and O–H groups in total. The molecule has 0 saturated carbocycles. The van der Waals surface area contributed by atoms with Gasteiger partial charge in [-0.15, -0.1) is 6.42 Å². The Morgan fingerprint density at radius 1 is 1.12 bits per heavy atom. The number of terminal acetylenes is 1. The number of anilines is 1. The van der Waals surface area contributed by atoms with Gasteiger partial charge in [0.25, 0.3) is 0 Å². The predicted octanol–water partition coefficient (Wildman–Crippen LogP) is 3.83. The Hall–Kier alpha value is -3.25. The fraction of sp³-hybridized carbons (Fsp3) is 0.529. The first-order valence-corrected chi connectivity index (χ1v) is 15.7. The second-order valence-corrected chi connectivity index (χ2v) is 13.2. The van der Waals surface area contributed by atoms with Crippen LogP contribution in [0.15, 0.2) is 53.4 Å². The van der Waals surface area contributed by atoms with E-state index in [2.05, 4.69) is 37.3 Å². The van der Waals surface area contributed by atoms with E-state index in [4.69, 9.17) is 11.2 Å². The monoisotopic (exact) mass is 569 g/mol. The second kappa shape index (κ2) is 10.2. The third-order valence-electron chi connectivity index (χ3n) is 10.6. The number of hydrogen-bond donors (Lipinski definition) is 3. The molecule has 42 heavy (non-hydrogen) atoms. The van der Waals surface area contributed by atoms with Gasteiger partial charge in [0.15, 0.2) is 0 Å². The normalized spacial score (nSPS) is 32.5. The molecule has 2 bridgehead atoms. The molecule has 220 valence electrons. The molecular formula is C34H40FN5O2. The maximum atomic E-state index is 14.5. The Kier molecular flexibility index (Phi) is 6.40. The van der Waals surface area contributed by atoms with Crippen LogP contribution in [-0.4, -0.2) is 90.8 Å². The summed E-state index contributed by atoms with van der Waals surface area (Å²) >= 11 is 0. The van der Waals surface area contributed by atoms with E-state index < -0.39 is 6.17 Å². The van der Waals surface area contributed by atoms with Gasteiger partial charge in [-0.1, -0.05) is 18.1 Å². The highest BCUT2D eigenvalue weighted by Crippen LogP contribution is 2.42. The minimum absolute atomic E-state index is 0.178. The van der Waals surface area contributed by atoms with Crippen molar-refractivity contribution in [1.29, 1.82) is 0 Å². The van der Waals surface area contributed by atoms with Gasteiger partial charge in [-0.2, -0.15) is 0 Å². The third-order valence-corrected chi connectivity index (χ3v) is 10.6. The van der Waals surface area contributed by atoms with Crippen molar-refractivity contribution in [3.63, 3.8) is 0 Å². The number of halogens is 1. The number of dihydropyridines is 1. The zero-order valence-corrected chi connectivity index (χ0v) is 24.1. The lowest BCUT2D eigenvalue weighted by Crippen LogP contribution is -2.53. The van der Waals surface area contributed by atoms with E-state index in [1.54, 1.807) is 6.07 Å². The average molecular weight is 570 g/mol. The summed E-state index contributed by atoms with van der Waals surface area (Å²) in [4.78, 5) is 7.23. The van der Waals surface area contributed by atoms with E-state index in [0.717, 1.165) is 67.5 Å². The van der Waals surface area contributed by atoms with Crippen LogP contribution in [0, 0.1) is 12.3 Å². The smallest absolute Gasteiger partial charge is 0.149 e. The first-order valence-electron chi connectivity index (χ1n) is 15.7. The fourth-order valence-corrected chi connectivity index (χ4v) is 8.67. The number of ether oxygens (including phenoxy) is 1. The van der Waals surface area contributed by atoms with Gasteiger partial charge < -0.3 is 30.3 Å². The number of alkyl halides is 1. The first kappa shape index (κ1) is 26.4. The lowest BCUT2D eigenvalue weighted by Gasteiger charge is -2.44. The molecule has 5 atom stereocenters. The van der Waals surface area contributed by atoms with Crippen LogP contribution < -0.4 is 15.5 Å². The molecule has 0 spiro atoms. The number of rotatable bonds is 5. The van der Waals surface area contributed by atoms with Crippen LogP contribution in [0.25, 0.3) is 10.8 Å². The van der Waals surface area contributed by atoms with Gasteiger partial charge >= 0.3 is 0 Å². The third kappa shape index (κ3) is 4.45. The Balaban J connectivity index is 1.11. The number of aromatic hydroxyl groups is 1. The maximum absolute atomic E-state index is 14.5. The summed E-state index contributed by atoms with van der Waals surface area (Å²) in [7, 11) is 0. The van der Waals surface area contributed by atoms with Gasteiger partial charge in [-0.05, 0) is 67.8 Å². The van der Waals surface area contributed by atoms with Crippen molar-refractivity contribution in [2.75, 3.05) is 50.8 Å². The number of benzene rings is 2. The zero-order valence-electron chi connectivity index (χ0n) is 24.1. The van der Waals surface area contributed by atoms with Gasteiger partial charge in [0.05, 0.1) is 13.2 Å². The van der Waals surface area contributed by atoms with Crippen molar-refractivity contribution in [3.8, 4) is 18.1 Å². The predicted molar refractivity (Wildman–Crippen MR) is 163 cm³/mol. The molecule has 7 nitrogen and oxygen atoms in total. The van der Waals surface area contributed by atoms with Crippen LogP contribution in [0.5, 0.6) is 5.75 Å². The van der Waals surface area contributed by atoms with Gasteiger partial charge in [-0.3, -0.25) is 4.90 Å². The second-order valence-electron chi connectivity index (χ2n) is 13.2. The SMILES string of the molecule is C#Cc1cccc2cc(O)cc(N3CCC4=C(C3)NC(OC[C@@]35CCCN3C[C@H](F)C5)C=C4N3CC4CCC(C3)N4)c12. The highest BCUT2D eigenvalue weighted by molar-refractivity contribution is 6.00. The summed E-state index contributed by atoms with van der Waals surface area (Å²) in [6.45, 7) is 5.57. The summed E-state index contributed by atoms with van der Waals surface area (Å²) in [5.41, 5.74) is 5.44. The molecule has 0 radical (unpaired) electrons. The highest BCUT2D eigenvalue weighted by Gasteiger charge is 2.49. The van der Waals surface area contributed by atoms with Gasteiger partial charge in [0, 0.05) is 84.3 Å². The first-order chi connectivity index (χ1) is 20.5. The van der Waals surface area contributed by atoms with Crippen molar-refractivity contribution < 1.29 is 14.2 Å². The number of phenols is 1. The van der Waals surface area contributed by atoms with E-state index >= 15 is 0 Å². The fourth-order valence-electron chi connectivity index (χ4n) is 8.67. The van der Waals surface area contributed by atoms with Crippen LogP contribution >= 0.6 is 0 Å². The molecule has 4 fully saturated rings. The van der Waals surface area contributed by atoms with E-state index in [1.807, 2.05) is 24.3 Å². The molecule has 6 heterocycles. The van der Waals surface area contributed by atoms with Crippen molar-refractivity contribution >= 4 is 16.5 Å². The largest absolute Gasteiger partial charge is 0.508 e. The van der Waals surface area contributed by atoms with Gasteiger partial charge in [0.2, 0.25) is 0 Å². The number of nitrogens with one attached hydrogen (secondary N) is 2. The molecule has 4 saturated heterocycles. The molecule has 8 heteroatoms. The van der Waals surface area contributed by atoms with E-state index in [1.165, 1.54) is 29.8 Å². The molecular weight excluding hydrogens is 529 g/mol. The standard InChI is InChI=1S/C34H40FN5O2/c1-2-22-5-3-6-23-13-27(41)14-31(33(22)23)38-12-9-28-29(20-38)37-32(15-30(28)39-18-25-7-8-26(19-39)36-25)42-21-34-10-4-11-40(34)17-24(35)16-34/h1,3,5-6,13-15,24-26,32,36-37,41H,4,7-12,16-21H2/t24-,25?,26?,32?,34+/m1/s1. The lowest BCUT2D eigenvalue weighted by molar-refractivity contribution is -0.00475. The molecule has 8 rings (SSSR count). The van der Waals surface area contributed by atoms with Crippen molar-refractivity contribution in [1.82, 2.24) is 20.4 Å². The number of nitrogens with zero attached hydrogens (tertiary/aromatic N) is 3. The molecule has 6 aliphatic heterocycles. The lowest BCUT2D eigenvalue weighted by atomic mass is 9.94. The van der Waals surface area contributed by atoms with Gasteiger partial charge in [0.1, 0.15) is 18.1 Å². The average Bonchev–Trinajstić information content (AvgIpc) is 3.64. The van der Waals surface area contributed by atoms with E-state index in [0.29, 0.717) is 38.2 Å². The minimum atomic E-state index is -0.762. The van der Waals surface area contributed by atoms with Crippen LogP contribution in [0.1, 0.15) is 44.1 Å². The van der Waals surface area contributed by atoms with Gasteiger partial charge in [-0.25, -0.2) is 4.39 Å². The molecule has 2 aromatic rings. The Morgan fingerprint density at radius 3 is 2.81 bits per heavy atom. The van der Waals surface area contributed by atoms with E-state index in [-0.39, 0.29) is 17.5 Å². The molecule has 6 aliphatic rings. The number of likely N-dealkylation sites (tertiary alicyclic amines) is 1. The Labute approximate surface area is 247 Å². The van der Waals surface area contributed by atoms with Crippen molar-refractivity contribution in [2.45, 2.75) is 68.5 Å². The zero-order chi connectivity index (χ0) is 28.4. The quantitative estimate of drug-likeness (QED) is 0.473. The van der Waals surface area contributed by atoms with Crippen LogP contribution in [0.4, 0.5) is 10.1 Å². The number of phenolic OH excluding ortho intramolecular Hbond substituents is 1. The Bertz CT molecular complexity index is 1500. The number of hydrogen-bond acceptors (Lipinski definition) is 7. The summed E-state index contributed by atoms with van der Waals surface area (Å²) in [6, 6.07) is 10.6. The van der Waals surface area contributed by atoms with Crippen LogP contribution in [0.2, 0.25) is 0 Å². The number of piperazine rings is 1. The maximum Gasteiger partial charge on any atom is 0.149 e. The summed E-state index contributed by atoms with van der Waals surface area (Å²) < 4.78 is 21.1. The van der Waals surface area contributed by atoms with Crippen LogP contribution in [0.3, 0.4) is 0 Å². The molecule has 2 aromatic carbocycles. The molecule has 0 aromatic heterocycles. The Morgan fingerprint density at radius 2 is 1.98 bits per heavy atom. The van der Waals surface area contributed by atoms with E-state index in [9.17, 15) is 9.50 Å². The number of allylic oxidation sites excluding steroid dienone is 1. The topological polar surface area (TPSA) is 63.2 Å². The van der Waals surface area contributed by atoms with Crippen molar-refractivity contribution in [2.24, 2.45) is 0 Å². The summed E-state index contributed by atoms with van der Waals surface area (Å²) in [5, 5.41) is 20.1. The van der Waals surface area contributed by atoms with Crippen molar-refractivity contribution in [3.05, 3.63) is 58.9 Å². The number of fused-ring (bicyclic) bond motifs is 4. The molecule has 3 unspecified atom stereocenters. The van der Waals surface area contributed by atoms with Crippen LogP contribution in [-0.2, 0) is 4.74 Å². The summed E-state index contributed by atoms with van der Waals surface area (Å²) in [5.74, 6) is 3.09. The molecule has 0 amide bonds.